The molecule has 33 heavy (non-hydrogen) atoms. The fourth-order valence-corrected chi connectivity index (χ4v) is 3.88. The van der Waals surface area contributed by atoms with Crippen molar-refractivity contribution in [3.63, 3.8) is 0 Å². The summed E-state index contributed by atoms with van der Waals surface area (Å²) < 4.78 is 5.41. The summed E-state index contributed by atoms with van der Waals surface area (Å²) in [5.41, 5.74) is 2.45. The van der Waals surface area contributed by atoms with Crippen LogP contribution in [-0.2, 0) is 11.3 Å². The van der Waals surface area contributed by atoms with Crippen LogP contribution in [0.5, 0.6) is 5.75 Å². The number of hydrogen-bond donors (Lipinski definition) is 1. The van der Waals surface area contributed by atoms with E-state index >= 15 is 0 Å². The average molecular weight is 458 g/mol. The molecule has 1 aliphatic rings. The van der Waals surface area contributed by atoms with Gasteiger partial charge in [-0.25, -0.2) is 0 Å². The molecule has 0 fully saturated rings. The number of rotatable bonds is 4. The molecule has 0 atom stereocenters. The van der Waals surface area contributed by atoms with E-state index in [1.807, 2.05) is 36.4 Å². The standard InChI is InChI=1S/C25H16ClN3O4/c26-20-7-3-1-5-15(20)13-29-21-8-4-2-6-18(21)23(25(29)32)28-27-12-16-14-33-22-11-17(30)9-10-19(22)24(16)31/h1-12,14,30H,13H2/b27-12+,28-23-. The molecule has 4 aromatic rings. The number of phenols is 1. The Kier molecular flexibility index (Phi) is 5.24. The van der Waals surface area contributed by atoms with Gasteiger partial charge < -0.3 is 14.4 Å². The zero-order chi connectivity index (χ0) is 22.9. The number of carbonyl (C=O) groups is 1. The molecule has 1 aromatic heterocycles. The van der Waals surface area contributed by atoms with Crippen molar-refractivity contribution >= 4 is 46.1 Å². The number of amides is 1. The van der Waals surface area contributed by atoms with Gasteiger partial charge in [-0.1, -0.05) is 48.0 Å². The SMILES string of the molecule is O=C1/C(=N\N=C\c2coc3cc(O)ccc3c2=O)c2ccccc2N1Cc1ccccc1Cl. The fraction of sp³-hybridized carbons (Fsp3) is 0.0400. The summed E-state index contributed by atoms with van der Waals surface area (Å²) in [5, 5.41) is 18.5. The maximum atomic E-state index is 13.2. The summed E-state index contributed by atoms with van der Waals surface area (Å²) in [6.45, 7) is 0.291. The second-order valence-corrected chi connectivity index (χ2v) is 7.80. The molecule has 7 nitrogen and oxygen atoms in total. The number of para-hydroxylation sites is 1. The summed E-state index contributed by atoms with van der Waals surface area (Å²) in [6, 6.07) is 18.9. The molecule has 0 spiro atoms. The number of carbonyl (C=O) groups excluding carboxylic acids is 1. The first-order chi connectivity index (χ1) is 16.0. The maximum Gasteiger partial charge on any atom is 0.279 e. The van der Waals surface area contributed by atoms with Gasteiger partial charge in [0.1, 0.15) is 17.6 Å². The highest BCUT2D eigenvalue weighted by molar-refractivity contribution is 6.54. The first-order valence-electron chi connectivity index (χ1n) is 10.0. The van der Waals surface area contributed by atoms with E-state index in [1.165, 1.54) is 30.7 Å². The first kappa shape index (κ1) is 20.7. The molecule has 0 radical (unpaired) electrons. The van der Waals surface area contributed by atoms with Crippen LogP contribution in [0.15, 0.2) is 92.4 Å². The Morgan fingerprint density at radius 3 is 2.67 bits per heavy atom. The van der Waals surface area contributed by atoms with Crippen LogP contribution in [0, 0.1) is 0 Å². The zero-order valence-electron chi connectivity index (χ0n) is 17.1. The summed E-state index contributed by atoms with van der Waals surface area (Å²) in [4.78, 5) is 27.4. The molecule has 0 aliphatic carbocycles. The molecule has 0 bridgehead atoms. The highest BCUT2D eigenvalue weighted by Crippen LogP contribution is 2.32. The van der Waals surface area contributed by atoms with E-state index in [9.17, 15) is 14.7 Å². The van der Waals surface area contributed by atoms with Gasteiger partial charge in [-0.3, -0.25) is 9.59 Å². The van der Waals surface area contributed by atoms with Crippen LogP contribution in [0.3, 0.4) is 0 Å². The summed E-state index contributed by atoms with van der Waals surface area (Å²) in [6.07, 6.45) is 2.49. The summed E-state index contributed by atoms with van der Waals surface area (Å²) in [5.74, 6) is -0.312. The third kappa shape index (κ3) is 3.79. The van der Waals surface area contributed by atoms with Gasteiger partial charge in [0.15, 0.2) is 5.71 Å². The van der Waals surface area contributed by atoms with E-state index in [2.05, 4.69) is 10.2 Å². The number of fused-ring (bicyclic) bond motifs is 2. The van der Waals surface area contributed by atoms with Gasteiger partial charge in [-0.2, -0.15) is 5.10 Å². The molecule has 0 saturated carbocycles. The van der Waals surface area contributed by atoms with Crippen LogP contribution in [0.1, 0.15) is 16.7 Å². The number of anilines is 1. The van der Waals surface area contributed by atoms with E-state index in [4.69, 9.17) is 16.0 Å². The highest BCUT2D eigenvalue weighted by atomic mass is 35.5. The predicted molar refractivity (Wildman–Crippen MR) is 127 cm³/mol. The van der Waals surface area contributed by atoms with Crippen molar-refractivity contribution < 1.29 is 14.3 Å². The Morgan fingerprint density at radius 1 is 1.03 bits per heavy atom. The molecule has 2 heterocycles. The Hall–Kier alpha value is -4.23. The Balaban J connectivity index is 1.48. The number of hydrogen-bond acceptors (Lipinski definition) is 6. The van der Waals surface area contributed by atoms with Gasteiger partial charge in [0.2, 0.25) is 5.43 Å². The van der Waals surface area contributed by atoms with E-state index in [1.54, 1.807) is 17.0 Å². The van der Waals surface area contributed by atoms with Gasteiger partial charge in [0.05, 0.1) is 29.4 Å². The predicted octanol–water partition coefficient (Wildman–Crippen LogP) is 4.52. The van der Waals surface area contributed by atoms with E-state index in [0.29, 0.717) is 28.2 Å². The Bertz CT molecular complexity index is 1520. The third-order valence-corrected chi connectivity index (χ3v) is 5.69. The van der Waals surface area contributed by atoms with Gasteiger partial charge in [-0.15, -0.1) is 5.10 Å². The van der Waals surface area contributed by atoms with Crippen LogP contribution in [-0.4, -0.2) is 22.9 Å². The van der Waals surface area contributed by atoms with Gasteiger partial charge in [-0.05, 0) is 29.8 Å². The monoisotopic (exact) mass is 457 g/mol. The quantitative estimate of drug-likeness (QED) is 0.360. The van der Waals surface area contributed by atoms with Crippen LogP contribution < -0.4 is 10.3 Å². The maximum absolute atomic E-state index is 13.2. The summed E-state index contributed by atoms with van der Waals surface area (Å²) in [7, 11) is 0. The van der Waals surface area contributed by atoms with Gasteiger partial charge in [0.25, 0.3) is 5.91 Å². The van der Waals surface area contributed by atoms with E-state index in [-0.39, 0.29) is 33.9 Å². The minimum Gasteiger partial charge on any atom is -0.508 e. The van der Waals surface area contributed by atoms with Crippen LogP contribution in [0.25, 0.3) is 11.0 Å². The lowest BCUT2D eigenvalue weighted by molar-refractivity contribution is -0.112. The third-order valence-electron chi connectivity index (χ3n) is 5.32. The molecule has 1 N–H and O–H groups in total. The molecular formula is C25H16ClN3O4. The van der Waals surface area contributed by atoms with E-state index in [0.717, 1.165) is 5.56 Å². The normalized spacial score (nSPS) is 14.5. The molecule has 3 aromatic carbocycles. The molecular weight excluding hydrogens is 442 g/mol. The van der Waals surface area contributed by atoms with Crippen LogP contribution in [0.4, 0.5) is 5.69 Å². The second-order valence-electron chi connectivity index (χ2n) is 7.39. The number of nitrogens with zero attached hydrogens (tertiary/aromatic N) is 3. The number of benzene rings is 3. The lowest BCUT2D eigenvalue weighted by Gasteiger charge is -2.17. The second kappa shape index (κ2) is 8.37. The van der Waals surface area contributed by atoms with Crippen molar-refractivity contribution in [2.24, 2.45) is 10.2 Å². The van der Waals surface area contributed by atoms with Crippen molar-refractivity contribution in [2.45, 2.75) is 6.54 Å². The van der Waals surface area contributed by atoms with Crippen molar-refractivity contribution in [1.82, 2.24) is 0 Å². The fourth-order valence-electron chi connectivity index (χ4n) is 3.68. The van der Waals surface area contributed by atoms with E-state index < -0.39 is 0 Å². The molecule has 0 saturated heterocycles. The van der Waals surface area contributed by atoms with Gasteiger partial charge >= 0.3 is 0 Å². The van der Waals surface area contributed by atoms with Crippen LogP contribution >= 0.6 is 11.6 Å². The highest BCUT2D eigenvalue weighted by Gasteiger charge is 2.34. The minimum atomic E-state index is -0.321. The van der Waals surface area contributed by atoms with Crippen molar-refractivity contribution in [3.05, 3.63) is 105 Å². The molecule has 1 aliphatic heterocycles. The number of halogens is 1. The smallest absolute Gasteiger partial charge is 0.279 e. The van der Waals surface area contributed by atoms with Crippen molar-refractivity contribution in [2.75, 3.05) is 4.90 Å². The lowest BCUT2D eigenvalue weighted by atomic mass is 10.1. The minimum absolute atomic E-state index is 0.00165. The lowest BCUT2D eigenvalue weighted by Crippen LogP contribution is -2.29. The first-order valence-corrected chi connectivity index (χ1v) is 10.4. The summed E-state index contributed by atoms with van der Waals surface area (Å²) >= 11 is 6.29. The van der Waals surface area contributed by atoms with Crippen molar-refractivity contribution in [1.29, 1.82) is 0 Å². The molecule has 8 heteroatoms. The topological polar surface area (TPSA) is 95.5 Å². The Morgan fingerprint density at radius 2 is 1.82 bits per heavy atom. The van der Waals surface area contributed by atoms with Gasteiger partial charge in [0, 0.05) is 16.7 Å². The van der Waals surface area contributed by atoms with Crippen molar-refractivity contribution in [3.8, 4) is 5.75 Å². The molecule has 0 unspecified atom stereocenters. The zero-order valence-corrected chi connectivity index (χ0v) is 17.9. The molecule has 162 valence electrons. The average Bonchev–Trinajstić information content (AvgIpc) is 3.08. The largest absolute Gasteiger partial charge is 0.508 e. The number of aromatic hydroxyl groups is 1. The Labute approximate surface area is 192 Å². The molecule has 1 amide bonds. The van der Waals surface area contributed by atoms with Crippen LogP contribution in [0.2, 0.25) is 5.02 Å². The number of phenolic OH excluding ortho intramolecular Hbond substituents is 1. The molecule has 5 rings (SSSR count).